The van der Waals surface area contributed by atoms with Gasteiger partial charge in [0.2, 0.25) is 0 Å². The molecule has 17 heavy (non-hydrogen) atoms. The minimum absolute atomic E-state index is 0.631. The van der Waals surface area contributed by atoms with Crippen LogP contribution in [0.15, 0.2) is 6.20 Å². The molecule has 0 radical (unpaired) electrons. The van der Waals surface area contributed by atoms with E-state index in [1.807, 2.05) is 17.5 Å². The zero-order valence-electron chi connectivity index (χ0n) is 11.1. The van der Waals surface area contributed by atoms with Crippen LogP contribution in [0.4, 0.5) is 0 Å². The van der Waals surface area contributed by atoms with E-state index >= 15 is 0 Å². The standard InChI is InChI=1S/C13H23N3S/c1-10(2)13-9-16(6-4-5-14-13)8-12-7-15-11(3)17-12/h7,10,13-14H,4-6,8-9H2,1-3H3. The quantitative estimate of drug-likeness (QED) is 0.895. The summed E-state index contributed by atoms with van der Waals surface area (Å²) in [5, 5.41) is 4.82. The van der Waals surface area contributed by atoms with Gasteiger partial charge in [-0.1, -0.05) is 13.8 Å². The van der Waals surface area contributed by atoms with Crippen LogP contribution in [0.1, 0.15) is 30.2 Å². The van der Waals surface area contributed by atoms with Crippen LogP contribution in [0.25, 0.3) is 0 Å². The van der Waals surface area contributed by atoms with Gasteiger partial charge in [-0.05, 0) is 32.4 Å². The molecule has 0 amide bonds. The van der Waals surface area contributed by atoms with Crippen LogP contribution in [0.5, 0.6) is 0 Å². The maximum absolute atomic E-state index is 4.34. The lowest BCUT2D eigenvalue weighted by Gasteiger charge is -2.26. The second-order valence-electron chi connectivity index (χ2n) is 5.24. The lowest BCUT2D eigenvalue weighted by Crippen LogP contribution is -2.40. The molecule has 3 nitrogen and oxygen atoms in total. The first-order chi connectivity index (χ1) is 8.15. The summed E-state index contributed by atoms with van der Waals surface area (Å²) in [7, 11) is 0. The van der Waals surface area contributed by atoms with Crippen LogP contribution in [-0.4, -0.2) is 35.6 Å². The van der Waals surface area contributed by atoms with Gasteiger partial charge in [-0.2, -0.15) is 0 Å². The van der Waals surface area contributed by atoms with Crippen LogP contribution < -0.4 is 5.32 Å². The van der Waals surface area contributed by atoms with Crippen molar-refractivity contribution in [2.24, 2.45) is 5.92 Å². The highest BCUT2D eigenvalue weighted by molar-refractivity contribution is 7.11. The summed E-state index contributed by atoms with van der Waals surface area (Å²) in [6.07, 6.45) is 3.28. The molecule has 0 saturated carbocycles. The topological polar surface area (TPSA) is 28.2 Å². The van der Waals surface area contributed by atoms with Gasteiger partial charge in [0.15, 0.2) is 0 Å². The van der Waals surface area contributed by atoms with Gasteiger partial charge in [0, 0.05) is 30.2 Å². The molecular weight excluding hydrogens is 230 g/mol. The largest absolute Gasteiger partial charge is 0.312 e. The Labute approximate surface area is 108 Å². The third-order valence-electron chi connectivity index (χ3n) is 3.37. The van der Waals surface area contributed by atoms with Crippen molar-refractivity contribution >= 4 is 11.3 Å². The van der Waals surface area contributed by atoms with E-state index in [1.54, 1.807) is 0 Å². The fourth-order valence-electron chi connectivity index (χ4n) is 2.31. The Hall–Kier alpha value is -0.450. The van der Waals surface area contributed by atoms with Crippen LogP contribution in [-0.2, 0) is 6.54 Å². The maximum atomic E-state index is 4.34. The molecule has 0 aliphatic carbocycles. The average molecular weight is 253 g/mol. The van der Waals surface area contributed by atoms with Crippen LogP contribution in [0, 0.1) is 12.8 Å². The van der Waals surface area contributed by atoms with Crippen molar-refractivity contribution in [2.45, 2.75) is 39.8 Å². The first-order valence-electron chi connectivity index (χ1n) is 6.52. The number of aromatic nitrogens is 1. The first kappa shape index (κ1) is 13.0. The Bertz CT molecular complexity index is 348. The third kappa shape index (κ3) is 3.76. The van der Waals surface area contributed by atoms with Gasteiger partial charge < -0.3 is 5.32 Å². The van der Waals surface area contributed by atoms with Crippen LogP contribution in [0.2, 0.25) is 0 Å². The van der Waals surface area contributed by atoms with Gasteiger partial charge in [-0.3, -0.25) is 4.90 Å². The van der Waals surface area contributed by atoms with E-state index in [1.165, 1.54) is 22.9 Å². The van der Waals surface area contributed by atoms with Gasteiger partial charge in [-0.15, -0.1) is 11.3 Å². The van der Waals surface area contributed by atoms with Crippen LogP contribution >= 0.6 is 11.3 Å². The van der Waals surface area contributed by atoms with E-state index in [2.05, 4.69) is 36.0 Å². The number of hydrogen-bond acceptors (Lipinski definition) is 4. The normalized spacial score (nSPS) is 22.9. The molecule has 1 aromatic heterocycles. The molecule has 1 aromatic rings. The Balaban J connectivity index is 1.94. The van der Waals surface area contributed by atoms with Crippen LogP contribution in [0.3, 0.4) is 0 Å². The van der Waals surface area contributed by atoms with Crippen molar-refractivity contribution in [3.63, 3.8) is 0 Å². The number of nitrogens with one attached hydrogen (secondary N) is 1. The van der Waals surface area contributed by atoms with E-state index in [-0.39, 0.29) is 0 Å². The molecule has 1 aliphatic rings. The highest BCUT2D eigenvalue weighted by atomic mass is 32.1. The Kier molecular flexibility index (Phi) is 4.54. The predicted molar refractivity (Wildman–Crippen MR) is 73.4 cm³/mol. The maximum Gasteiger partial charge on any atom is 0.0897 e. The van der Waals surface area contributed by atoms with Crippen molar-refractivity contribution in [3.05, 3.63) is 16.1 Å². The molecule has 1 unspecified atom stereocenters. The molecule has 0 bridgehead atoms. The summed E-state index contributed by atoms with van der Waals surface area (Å²) in [6, 6.07) is 0.631. The number of nitrogens with zero attached hydrogens (tertiary/aromatic N) is 2. The van der Waals surface area contributed by atoms with Crippen molar-refractivity contribution < 1.29 is 0 Å². The second kappa shape index (κ2) is 5.94. The van der Waals surface area contributed by atoms with Crippen molar-refractivity contribution in [1.29, 1.82) is 0 Å². The summed E-state index contributed by atoms with van der Waals surface area (Å²) in [6.45, 7) is 11.3. The van der Waals surface area contributed by atoms with Gasteiger partial charge in [0.1, 0.15) is 0 Å². The van der Waals surface area contributed by atoms with Crippen molar-refractivity contribution in [1.82, 2.24) is 15.2 Å². The molecule has 1 N–H and O–H groups in total. The summed E-state index contributed by atoms with van der Waals surface area (Å²) < 4.78 is 0. The lowest BCUT2D eigenvalue weighted by molar-refractivity contribution is 0.240. The monoisotopic (exact) mass is 253 g/mol. The summed E-state index contributed by atoms with van der Waals surface area (Å²) >= 11 is 1.82. The third-order valence-corrected chi connectivity index (χ3v) is 4.26. The van der Waals surface area contributed by atoms with E-state index < -0.39 is 0 Å². The molecular formula is C13H23N3S. The molecule has 4 heteroatoms. The van der Waals surface area contributed by atoms with E-state index in [0.717, 1.165) is 19.6 Å². The summed E-state index contributed by atoms with van der Waals surface area (Å²) in [4.78, 5) is 8.30. The highest BCUT2D eigenvalue weighted by Gasteiger charge is 2.20. The zero-order chi connectivity index (χ0) is 12.3. The van der Waals surface area contributed by atoms with Crippen molar-refractivity contribution in [2.75, 3.05) is 19.6 Å². The number of aryl methyl sites for hydroxylation is 1. The summed E-state index contributed by atoms with van der Waals surface area (Å²) in [5.41, 5.74) is 0. The molecule has 2 heterocycles. The molecule has 96 valence electrons. The highest BCUT2D eigenvalue weighted by Crippen LogP contribution is 2.16. The SMILES string of the molecule is Cc1ncc(CN2CCCNC(C(C)C)C2)s1. The Morgan fingerprint density at radius 3 is 3.06 bits per heavy atom. The van der Waals surface area contributed by atoms with E-state index in [4.69, 9.17) is 0 Å². The number of hydrogen-bond donors (Lipinski definition) is 1. The minimum Gasteiger partial charge on any atom is -0.312 e. The first-order valence-corrected chi connectivity index (χ1v) is 7.34. The van der Waals surface area contributed by atoms with E-state index in [0.29, 0.717) is 12.0 Å². The fourth-order valence-corrected chi connectivity index (χ4v) is 3.15. The van der Waals surface area contributed by atoms with E-state index in [9.17, 15) is 0 Å². The van der Waals surface area contributed by atoms with Gasteiger partial charge >= 0.3 is 0 Å². The lowest BCUT2D eigenvalue weighted by atomic mass is 10.0. The fraction of sp³-hybridized carbons (Fsp3) is 0.769. The van der Waals surface area contributed by atoms with Gasteiger partial charge in [0.25, 0.3) is 0 Å². The molecule has 0 spiro atoms. The van der Waals surface area contributed by atoms with Gasteiger partial charge in [-0.25, -0.2) is 4.98 Å². The zero-order valence-corrected chi connectivity index (χ0v) is 11.9. The molecule has 0 aromatic carbocycles. The van der Waals surface area contributed by atoms with Crippen molar-refractivity contribution in [3.8, 4) is 0 Å². The molecule has 1 aliphatic heterocycles. The smallest absolute Gasteiger partial charge is 0.0897 e. The Morgan fingerprint density at radius 2 is 2.41 bits per heavy atom. The number of thiazole rings is 1. The molecule has 1 atom stereocenters. The molecule has 1 fully saturated rings. The Morgan fingerprint density at radius 1 is 1.59 bits per heavy atom. The number of rotatable bonds is 3. The molecule has 2 rings (SSSR count). The average Bonchev–Trinajstić information content (AvgIpc) is 2.54. The minimum atomic E-state index is 0.631. The predicted octanol–water partition coefficient (Wildman–Crippen LogP) is 2.27. The summed E-state index contributed by atoms with van der Waals surface area (Å²) in [5.74, 6) is 0.707. The molecule has 1 saturated heterocycles. The van der Waals surface area contributed by atoms with Gasteiger partial charge in [0.05, 0.1) is 5.01 Å². The second-order valence-corrected chi connectivity index (χ2v) is 6.56.